The van der Waals surface area contributed by atoms with E-state index in [0.717, 1.165) is 31.7 Å². The van der Waals surface area contributed by atoms with E-state index in [-0.39, 0.29) is 11.2 Å². The molecule has 0 N–H and O–H groups in total. The van der Waals surface area contributed by atoms with Crippen LogP contribution in [-0.2, 0) is 11.3 Å². The van der Waals surface area contributed by atoms with E-state index in [1.165, 1.54) is 13.2 Å². The zero-order valence-corrected chi connectivity index (χ0v) is 14.7. The molecule has 1 fully saturated rings. The minimum atomic E-state index is -0.674. The van der Waals surface area contributed by atoms with Crippen molar-refractivity contribution in [3.8, 4) is 5.75 Å². The molecule has 134 valence electrons. The Morgan fingerprint density at radius 3 is 2.56 bits per heavy atom. The van der Waals surface area contributed by atoms with Crippen LogP contribution in [-0.4, -0.2) is 63.2 Å². The van der Waals surface area contributed by atoms with Gasteiger partial charge >= 0.3 is 5.97 Å². The highest BCUT2D eigenvalue weighted by atomic mass is 16.5. The van der Waals surface area contributed by atoms with E-state index in [1.807, 2.05) is 0 Å². The highest BCUT2D eigenvalue weighted by Crippen LogP contribution is 2.29. The van der Waals surface area contributed by atoms with Crippen LogP contribution in [0.25, 0.3) is 11.0 Å². The molecule has 0 aliphatic carbocycles. The number of ether oxygens (including phenoxy) is 2. The lowest BCUT2D eigenvalue weighted by molar-refractivity contribution is 0.0565. The van der Waals surface area contributed by atoms with E-state index < -0.39 is 5.97 Å². The van der Waals surface area contributed by atoms with Crippen molar-refractivity contribution in [1.29, 1.82) is 0 Å². The molecule has 1 saturated heterocycles. The van der Waals surface area contributed by atoms with E-state index in [4.69, 9.17) is 9.15 Å². The number of carbonyl (C=O) groups excluding carboxylic acids is 1. The Bertz CT molecular complexity index is 837. The second-order valence-corrected chi connectivity index (χ2v) is 6.17. The van der Waals surface area contributed by atoms with Gasteiger partial charge < -0.3 is 18.8 Å². The van der Waals surface area contributed by atoms with Crippen molar-refractivity contribution in [2.24, 2.45) is 0 Å². The SMILES string of the molecule is COC(=O)c1cc(=O)c2ccc(OC)c(CN3CCN(C)CC3)c2o1. The molecule has 0 saturated carbocycles. The topological polar surface area (TPSA) is 72.2 Å². The molecule has 0 atom stereocenters. The molecular formula is C18H22N2O5. The molecule has 1 aromatic carbocycles. The van der Waals surface area contributed by atoms with E-state index in [1.54, 1.807) is 19.2 Å². The average Bonchev–Trinajstić information content (AvgIpc) is 2.63. The summed E-state index contributed by atoms with van der Waals surface area (Å²) in [5, 5.41) is 0.428. The summed E-state index contributed by atoms with van der Waals surface area (Å²) in [5.74, 6) is -0.142. The molecule has 1 aromatic heterocycles. The Morgan fingerprint density at radius 2 is 1.92 bits per heavy atom. The van der Waals surface area contributed by atoms with Crippen LogP contribution in [0.5, 0.6) is 5.75 Å². The molecule has 3 rings (SSSR count). The maximum absolute atomic E-state index is 12.4. The molecule has 0 bridgehead atoms. The minimum Gasteiger partial charge on any atom is -0.496 e. The van der Waals surface area contributed by atoms with Gasteiger partial charge in [-0.2, -0.15) is 0 Å². The third kappa shape index (κ3) is 3.52. The standard InChI is InChI=1S/C18H22N2O5/c1-19-6-8-20(9-7-19)11-13-15(23-2)5-4-12-14(21)10-16(18(22)24-3)25-17(12)13/h4-5,10H,6-9,11H2,1-3H3. The first kappa shape index (κ1) is 17.4. The number of fused-ring (bicyclic) bond motifs is 1. The lowest BCUT2D eigenvalue weighted by Gasteiger charge is -2.32. The molecular weight excluding hydrogens is 324 g/mol. The lowest BCUT2D eigenvalue weighted by atomic mass is 10.1. The van der Waals surface area contributed by atoms with E-state index >= 15 is 0 Å². The Balaban J connectivity index is 2.08. The second-order valence-electron chi connectivity index (χ2n) is 6.17. The van der Waals surface area contributed by atoms with Crippen LogP contribution in [0.3, 0.4) is 0 Å². The fourth-order valence-electron chi connectivity index (χ4n) is 3.03. The smallest absolute Gasteiger partial charge is 0.374 e. The monoisotopic (exact) mass is 346 g/mol. The molecule has 0 unspecified atom stereocenters. The molecule has 25 heavy (non-hydrogen) atoms. The molecule has 0 amide bonds. The van der Waals surface area contributed by atoms with Gasteiger partial charge in [0.25, 0.3) is 0 Å². The Hall–Kier alpha value is -2.38. The minimum absolute atomic E-state index is 0.104. The molecule has 0 radical (unpaired) electrons. The number of rotatable bonds is 4. The van der Waals surface area contributed by atoms with Crippen molar-refractivity contribution >= 4 is 16.9 Å². The number of hydrogen-bond donors (Lipinski definition) is 0. The summed E-state index contributed by atoms with van der Waals surface area (Å²) in [6.07, 6.45) is 0. The van der Waals surface area contributed by atoms with Crippen molar-refractivity contribution in [3.63, 3.8) is 0 Å². The molecule has 7 heteroatoms. The van der Waals surface area contributed by atoms with E-state index in [0.29, 0.717) is 23.3 Å². The summed E-state index contributed by atoms with van der Waals surface area (Å²) in [4.78, 5) is 28.7. The fourth-order valence-corrected chi connectivity index (χ4v) is 3.03. The first-order valence-corrected chi connectivity index (χ1v) is 8.16. The third-order valence-electron chi connectivity index (χ3n) is 4.54. The maximum Gasteiger partial charge on any atom is 0.374 e. The number of esters is 1. The Morgan fingerprint density at radius 1 is 1.20 bits per heavy atom. The second kappa shape index (κ2) is 7.25. The van der Waals surface area contributed by atoms with Crippen molar-refractivity contribution < 1.29 is 18.7 Å². The quantitative estimate of drug-likeness (QED) is 0.774. The number of carbonyl (C=O) groups is 1. The van der Waals surface area contributed by atoms with Crippen LogP contribution in [0, 0.1) is 0 Å². The van der Waals surface area contributed by atoms with Crippen LogP contribution < -0.4 is 10.2 Å². The molecule has 2 heterocycles. The van der Waals surface area contributed by atoms with Gasteiger partial charge in [0, 0.05) is 38.8 Å². The van der Waals surface area contributed by atoms with Gasteiger partial charge in [-0.25, -0.2) is 4.79 Å². The number of nitrogens with zero attached hydrogens (tertiary/aromatic N) is 2. The fraction of sp³-hybridized carbons (Fsp3) is 0.444. The summed E-state index contributed by atoms with van der Waals surface area (Å²) in [6, 6.07) is 4.59. The predicted octanol–water partition coefficient (Wildman–Crippen LogP) is 1.34. The summed E-state index contributed by atoms with van der Waals surface area (Å²) in [5.41, 5.74) is 0.877. The van der Waals surface area contributed by atoms with Gasteiger partial charge in [-0.1, -0.05) is 0 Å². The summed E-state index contributed by atoms with van der Waals surface area (Å²) in [6.45, 7) is 4.37. The molecule has 2 aromatic rings. The molecule has 1 aliphatic heterocycles. The molecule has 7 nitrogen and oxygen atoms in total. The van der Waals surface area contributed by atoms with Crippen molar-refractivity contribution in [2.75, 3.05) is 47.4 Å². The van der Waals surface area contributed by atoms with Gasteiger partial charge in [-0.15, -0.1) is 0 Å². The first-order chi connectivity index (χ1) is 12.0. The number of methoxy groups -OCH3 is 2. The van der Waals surface area contributed by atoms with Crippen molar-refractivity contribution in [3.05, 3.63) is 39.7 Å². The van der Waals surface area contributed by atoms with Gasteiger partial charge in [-0.05, 0) is 19.2 Å². The number of likely N-dealkylation sites (N-methyl/N-ethyl adjacent to an activating group) is 1. The lowest BCUT2D eigenvalue weighted by Crippen LogP contribution is -2.43. The van der Waals surface area contributed by atoms with Gasteiger partial charge in [0.2, 0.25) is 5.76 Å². The van der Waals surface area contributed by atoms with Crippen LogP contribution in [0.1, 0.15) is 16.1 Å². The molecule has 1 aliphatic rings. The zero-order valence-electron chi connectivity index (χ0n) is 14.7. The number of benzene rings is 1. The summed E-state index contributed by atoms with van der Waals surface area (Å²) < 4.78 is 15.9. The van der Waals surface area contributed by atoms with Crippen molar-refractivity contribution in [1.82, 2.24) is 9.80 Å². The highest BCUT2D eigenvalue weighted by molar-refractivity contribution is 5.90. The van der Waals surface area contributed by atoms with Crippen LogP contribution in [0.4, 0.5) is 0 Å². The van der Waals surface area contributed by atoms with Gasteiger partial charge in [0.1, 0.15) is 11.3 Å². The van der Waals surface area contributed by atoms with Crippen LogP contribution in [0.15, 0.2) is 27.4 Å². The first-order valence-electron chi connectivity index (χ1n) is 8.16. The van der Waals surface area contributed by atoms with Crippen molar-refractivity contribution in [2.45, 2.75) is 6.54 Å². The predicted molar refractivity (Wildman–Crippen MR) is 93.1 cm³/mol. The highest BCUT2D eigenvalue weighted by Gasteiger charge is 2.21. The van der Waals surface area contributed by atoms with E-state index in [9.17, 15) is 9.59 Å². The molecule has 0 spiro atoms. The maximum atomic E-state index is 12.4. The average molecular weight is 346 g/mol. The van der Waals surface area contributed by atoms with Crippen LogP contribution >= 0.6 is 0 Å². The summed E-state index contributed by atoms with van der Waals surface area (Å²) >= 11 is 0. The largest absolute Gasteiger partial charge is 0.496 e. The Kier molecular flexibility index (Phi) is 5.06. The normalized spacial score (nSPS) is 16.1. The number of hydrogen-bond acceptors (Lipinski definition) is 7. The van der Waals surface area contributed by atoms with E-state index in [2.05, 4.69) is 21.6 Å². The third-order valence-corrected chi connectivity index (χ3v) is 4.54. The van der Waals surface area contributed by atoms with Crippen LogP contribution in [0.2, 0.25) is 0 Å². The van der Waals surface area contributed by atoms with Gasteiger partial charge in [0.15, 0.2) is 5.43 Å². The van der Waals surface area contributed by atoms with Gasteiger partial charge in [-0.3, -0.25) is 9.69 Å². The summed E-state index contributed by atoms with van der Waals surface area (Å²) in [7, 11) is 4.93. The Labute approximate surface area is 145 Å². The zero-order chi connectivity index (χ0) is 18.0. The number of piperazine rings is 1. The van der Waals surface area contributed by atoms with Gasteiger partial charge in [0.05, 0.1) is 25.2 Å².